The topological polar surface area (TPSA) is 55.8 Å². The number of hydrogen-bond donors (Lipinski definition) is 0. The lowest BCUT2D eigenvalue weighted by Crippen LogP contribution is -2.32. The summed E-state index contributed by atoms with van der Waals surface area (Å²) in [5.74, 6) is 0.637. The van der Waals surface area contributed by atoms with Crippen molar-refractivity contribution in [3.05, 3.63) is 100 Å². The van der Waals surface area contributed by atoms with Gasteiger partial charge in [-0.25, -0.2) is 4.39 Å². The van der Waals surface area contributed by atoms with Crippen LogP contribution in [0.15, 0.2) is 77.7 Å². The van der Waals surface area contributed by atoms with Gasteiger partial charge in [-0.05, 0) is 66.2 Å². The molecule has 3 aromatic rings. The van der Waals surface area contributed by atoms with Crippen LogP contribution in [0.3, 0.4) is 0 Å². The maximum Gasteiger partial charge on any atom is 0.293 e. The average Bonchev–Trinajstić information content (AvgIpc) is 3.07. The van der Waals surface area contributed by atoms with Crippen molar-refractivity contribution >= 4 is 29.0 Å². The Hall–Kier alpha value is -3.58. The Balaban J connectivity index is 1.33. The van der Waals surface area contributed by atoms with E-state index < -0.39 is 0 Å². The Bertz CT molecular complexity index is 1190. The molecule has 0 atom stereocenters. The first kappa shape index (κ1) is 22.6. The Morgan fingerprint density at radius 2 is 1.73 bits per heavy atom. The van der Waals surface area contributed by atoms with Gasteiger partial charge in [0.05, 0.1) is 11.4 Å². The zero-order valence-electron chi connectivity index (χ0n) is 18.0. The standard InChI is InChI=1S/C26H22FNO4S/c1-18-5-4-7-22(15-18)31-14-13-28-25(29)24(33-26(28)30)16-19-9-11-21(12-10-19)32-17-20-6-2-3-8-23(20)27/h2-12,15-16H,13-14,17H2,1H3/b24-16-. The van der Waals surface area contributed by atoms with Crippen molar-refractivity contribution in [1.29, 1.82) is 0 Å². The molecule has 3 aromatic carbocycles. The molecule has 33 heavy (non-hydrogen) atoms. The van der Waals surface area contributed by atoms with Crippen LogP contribution in [-0.2, 0) is 11.4 Å². The molecule has 4 rings (SSSR count). The van der Waals surface area contributed by atoms with Gasteiger partial charge in [-0.1, -0.05) is 42.5 Å². The largest absolute Gasteiger partial charge is 0.492 e. The van der Waals surface area contributed by atoms with E-state index in [0.717, 1.165) is 22.9 Å². The van der Waals surface area contributed by atoms with Crippen LogP contribution in [-0.4, -0.2) is 29.2 Å². The number of carbonyl (C=O) groups excluding carboxylic acids is 2. The molecule has 7 heteroatoms. The van der Waals surface area contributed by atoms with Gasteiger partial charge in [0.15, 0.2) is 0 Å². The molecule has 0 saturated carbocycles. The van der Waals surface area contributed by atoms with Crippen molar-refractivity contribution < 1.29 is 23.5 Å². The normalized spacial score (nSPS) is 14.7. The number of thioether (sulfide) groups is 1. The molecule has 1 heterocycles. The summed E-state index contributed by atoms with van der Waals surface area (Å²) < 4.78 is 25.0. The number of benzene rings is 3. The number of hydrogen-bond acceptors (Lipinski definition) is 5. The predicted octanol–water partition coefficient (Wildman–Crippen LogP) is 5.83. The number of carbonyl (C=O) groups is 2. The van der Waals surface area contributed by atoms with Crippen LogP contribution in [0.4, 0.5) is 9.18 Å². The van der Waals surface area contributed by atoms with Crippen LogP contribution in [0.1, 0.15) is 16.7 Å². The summed E-state index contributed by atoms with van der Waals surface area (Å²) in [6.45, 7) is 2.49. The van der Waals surface area contributed by atoms with Crippen molar-refractivity contribution in [3.63, 3.8) is 0 Å². The third kappa shape index (κ3) is 5.81. The molecule has 5 nitrogen and oxygen atoms in total. The van der Waals surface area contributed by atoms with Crippen LogP contribution >= 0.6 is 11.8 Å². The van der Waals surface area contributed by atoms with Crippen molar-refractivity contribution in [3.8, 4) is 11.5 Å². The smallest absolute Gasteiger partial charge is 0.293 e. The minimum Gasteiger partial charge on any atom is -0.492 e. The highest BCUT2D eigenvalue weighted by molar-refractivity contribution is 8.18. The number of ether oxygens (including phenoxy) is 2. The second-order valence-corrected chi connectivity index (χ2v) is 8.44. The quantitative estimate of drug-likeness (QED) is 0.394. The van der Waals surface area contributed by atoms with Crippen molar-refractivity contribution in [2.75, 3.05) is 13.2 Å². The van der Waals surface area contributed by atoms with Gasteiger partial charge in [-0.15, -0.1) is 0 Å². The van der Waals surface area contributed by atoms with E-state index in [1.54, 1.807) is 48.5 Å². The fourth-order valence-electron chi connectivity index (χ4n) is 3.24. The van der Waals surface area contributed by atoms with E-state index >= 15 is 0 Å². The predicted molar refractivity (Wildman–Crippen MR) is 127 cm³/mol. The summed E-state index contributed by atoms with van der Waals surface area (Å²) in [5.41, 5.74) is 2.31. The van der Waals surface area contributed by atoms with Crippen LogP contribution in [0.5, 0.6) is 11.5 Å². The summed E-state index contributed by atoms with van der Waals surface area (Å²) >= 11 is 0.909. The molecule has 1 fully saturated rings. The lowest BCUT2D eigenvalue weighted by Gasteiger charge is -2.13. The molecule has 0 bridgehead atoms. The number of imide groups is 1. The first-order valence-corrected chi connectivity index (χ1v) is 11.2. The lowest BCUT2D eigenvalue weighted by molar-refractivity contribution is -0.123. The Labute approximate surface area is 195 Å². The van der Waals surface area contributed by atoms with E-state index in [1.165, 1.54) is 11.0 Å². The zero-order valence-corrected chi connectivity index (χ0v) is 18.8. The molecule has 0 unspecified atom stereocenters. The second kappa shape index (κ2) is 10.4. The van der Waals surface area contributed by atoms with Crippen LogP contribution in [0, 0.1) is 12.7 Å². The van der Waals surface area contributed by atoms with E-state index in [4.69, 9.17) is 9.47 Å². The van der Waals surface area contributed by atoms with E-state index in [1.807, 2.05) is 31.2 Å². The molecule has 1 saturated heterocycles. The van der Waals surface area contributed by atoms with Crippen molar-refractivity contribution in [2.45, 2.75) is 13.5 Å². The van der Waals surface area contributed by atoms with Gasteiger partial charge >= 0.3 is 0 Å². The van der Waals surface area contributed by atoms with E-state index in [9.17, 15) is 14.0 Å². The number of halogens is 1. The summed E-state index contributed by atoms with van der Waals surface area (Å²) in [6, 6.07) is 21.1. The maximum absolute atomic E-state index is 13.7. The van der Waals surface area contributed by atoms with E-state index in [2.05, 4.69) is 0 Å². The van der Waals surface area contributed by atoms with Gasteiger partial charge in [0, 0.05) is 5.56 Å². The number of nitrogens with zero attached hydrogens (tertiary/aromatic N) is 1. The molecule has 1 aliphatic rings. The molecule has 2 amide bonds. The SMILES string of the molecule is Cc1cccc(OCCN2C(=O)S/C(=C\c3ccc(OCc4ccccc4F)cc3)C2=O)c1. The first-order valence-electron chi connectivity index (χ1n) is 10.4. The van der Waals surface area contributed by atoms with Gasteiger partial charge in [0.2, 0.25) is 0 Å². The monoisotopic (exact) mass is 463 g/mol. The Morgan fingerprint density at radius 3 is 2.48 bits per heavy atom. The zero-order chi connectivity index (χ0) is 23.2. The van der Waals surface area contributed by atoms with Crippen LogP contribution in [0.2, 0.25) is 0 Å². The average molecular weight is 464 g/mol. The number of rotatable bonds is 8. The van der Waals surface area contributed by atoms with E-state index in [-0.39, 0.29) is 36.7 Å². The summed E-state index contributed by atoms with van der Waals surface area (Å²) in [4.78, 5) is 26.5. The van der Waals surface area contributed by atoms with Gasteiger partial charge in [-0.2, -0.15) is 0 Å². The van der Waals surface area contributed by atoms with Gasteiger partial charge in [0.25, 0.3) is 11.1 Å². The highest BCUT2D eigenvalue weighted by Gasteiger charge is 2.34. The first-order chi connectivity index (χ1) is 16.0. The summed E-state index contributed by atoms with van der Waals surface area (Å²) in [6.07, 6.45) is 1.67. The molecule has 0 aliphatic carbocycles. The highest BCUT2D eigenvalue weighted by Crippen LogP contribution is 2.32. The number of aryl methyl sites for hydroxylation is 1. The second-order valence-electron chi connectivity index (χ2n) is 7.45. The van der Waals surface area contributed by atoms with E-state index in [0.29, 0.717) is 22.0 Å². The van der Waals surface area contributed by atoms with Crippen molar-refractivity contribution in [1.82, 2.24) is 4.90 Å². The summed E-state index contributed by atoms with van der Waals surface area (Å²) in [7, 11) is 0. The number of amides is 2. The molecule has 0 spiro atoms. The summed E-state index contributed by atoms with van der Waals surface area (Å²) in [5, 5.41) is -0.316. The maximum atomic E-state index is 13.7. The van der Waals surface area contributed by atoms with Gasteiger partial charge < -0.3 is 9.47 Å². The fraction of sp³-hybridized carbons (Fsp3) is 0.154. The van der Waals surface area contributed by atoms with Crippen LogP contribution < -0.4 is 9.47 Å². The third-order valence-corrected chi connectivity index (χ3v) is 5.88. The molecule has 0 N–H and O–H groups in total. The Morgan fingerprint density at radius 1 is 0.939 bits per heavy atom. The molecule has 168 valence electrons. The van der Waals surface area contributed by atoms with Gasteiger partial charge in [-0.3, -0.25) is 14.5 Å². The lowest BCUT2D eigenvalue weighted by atomic mass is 10.2. The fourth-order valence-corrected chi connectivity index (χ4v) is 4.11. The molecule has 0 aromatic heterocycles. The Kier molecular flexibility index (Phi) is 7.10. The van der Waals surface area contributed by atoms with Crippen LogP contribution in [0.25, 0.3) is 6.08 Å². The molecule has 0 radical (unpaired) electrons. The minimum atomic E-state index is -0.335. The molecular weight excluding hydrogens is 441 g/mol. The third-order valence-electron chi connectivity index (χ3n) is 4.98. The minimum absolute atomic E-state index is 0.121. The van der Waals surface area contributed by atoms with Crippen molar-refractivity contribution in [2.24, 2.45) is 0 Å². The molecular formula is C26H22FNO4S. The van der Waals surface area contributed by atoms with Gasteiger partial charge in [0.1, 0.15) is 30.5 Å². The highest BCUT2D eigenvalue weighted by atomic mass is 32.2. The molecule has 1 aliphatic heterocycles.